The molecular weight excluding hydrogens is 380 g/mol. The van der Waals surface area contributed by atoms with E-state index in [-0.39, 0.29) is 11.7 Å². The Bertz CT molecular complexity index is 967. The second-order valence-electron chi connectivity index (χ2n) is 5.84. The summed E-state index contributed by atoms with van der Waals surface area (Å²) in [6.45, 7) is 4.57. The number of methoxy groups -OCH3 is 2. The van der Waals surface area contributed by atoms with Crippen molar-refractivity contribution in [1.29, 1.82) is 0 Å². The third-order valence-corrected chi connectivity index (χ3v) is 5.11. The van der Waals surface area contributed by atoms with Gasteiger partial charge in [0.25, 0.3) is 0 Å². The molecule has 9 heteroatoms. The number of rotatable bonds is 8. The summed E-state index contributed by atoms with van der Waals surface area (Å²) in [6.07, 6.45) is 1.63. The molecule has 0 radical (unpaired) electrons. The van der Waals surface area contributed by atoms with Crippen LogP contribution in [0.1, 0.15) is 12.7 Å². The highest BCUT2D eigenvalue weighted by molar-refractivity contribution is 7.99. The van der Waals surface area contributed by atoms with E-state index in [4.69, 9.17) is 13.9 Å². The topological polar surface area (TPSA) is 91.4 Å². The molecule has 3 aromatic rings. The fourth-order valence-corrected chi connectivity index (χ4v) is 3.52. The van der Waals surface area contributed by atoms with E-state index in [0.717, 1.165) is 17.1 Å². The molecule has 8 nitrogen and oxygen atoms in total. The Morgan fingerprint density at radius 3 is 2.71 bits per heavy atom. The van der Waals surface area contributed by atoms with Gasteiger partial charge in [-0.15, -0.1) is 10.2 Å². The van der Waals surface area contributed by atoms with Crippen molar-refractivity contribution in [3.8, 4) is 22.9 Å². The van der Waals surface area contributed by atoms with Crippen molar-refractivity contribution in [2.45, 2.75) is 25.5 Å². The smallest absolute Gasteiger partial charge is 0.234 e. The number of amides is 1. The summed E-state index contributed by atoms with van der Waals surface area (Å²) in [6, 6.07) is 7.09. The van der Waals surface area contributed by atoms with E-state index in [0.29, 0.717) is 28.9 Å². The first-order valence-corrected chi connectivity index (χ1v) is 9.68. The van der Waals surface area contributed by atoms with Crippen LogP contribution in [0.5, 0.6) is 11.5 Å². The molecule has 0 saturated carbocycles. The maximum absolute atomic E-state index is 12.4. The predicted octanol–water partition coefficient (Wildman–Crippen LogP) is 3.61. The van der Waals surface area contributed by atoms with Gasteiger partial charge in [0.15, 0.2) is 11.0 Å². The van der Waals surface area contributed by atoms with E-state index in [2.05, 4.69) is 15.5 Å². The maximum Gasteiger partial charge on any atom is 0.234 e. The van der Waals surface area contributed by atoms with Crippen LogP contribution < -0.4 is 14.8 Å². The molecule has 0 aliphatic carbocycles. The third-order valence-electron chi connectivity index (χ3n) is 4.15. The van der Waals surface area contributed by atoms with Crippen LogP contribution in [0.3, 0.4) is 0 Å². The van der Waals surface area contributed by atoms with E-state index < -0.39 is 0 Å². The summed E-state index contributed by atoms with van der Waals surface area (Å²) in [4.78, 5) is 12.4. The van der Waals surface area contributed by atoms with Gasteiger partial charge < -0.3 is 23.8 Å². The molecule has 2 aromatic heterocycles. The number of nitrogens with zero attached hydrogens (tertiary/aromatic N) is 3. The molecule has 0 fully saturated rings. The lowest BCUT2D eigenvalue weighted by atomic mass is 10.2. The second kappa shape index (κ2) is 8.83. The molecule has 0 aliphatic rings. The molecule has 148 valence electrons. The zero-order valence-corrected chi connectivity index (χ0v) is 17.0. The Labute approximate surface area is 167 Å². The van der Waals surface area contributed by atoms with Crippen LogP contribution >= 0.6 is 11.8 Å². The van der Waals surface area contributed by atoms with Crippen LogP contribution in [0.4, 0.5) is 5.69 Å². The SMILES string of the molecule is CCn1c(SCC(=O)Nc2ccc(OC)cc2OC)nnc1-c1ccoc1C. The fourth-order valence-electron chi connectivity index (χ4n) is 2.71. The van der Waals surface area contributed by atoms with E-state index in [1.807, 2.05) is 24.5 Å². The zero-order chi connectivity index (χ0) is 20.1. The molecule has 0 spiro atoms. The first-order valence-electron chi connectivity index (χ1n) is 8.69. The summed E-state index contributed by atoms with van der Waals surface area (Å²) in [7, 11) is 3.12. The first kappa shape index (κ1) is 19.8. The van der Waals surface area contributed by atoms with Gasteiger partial charge in [-0.25, -0.2) is 0 Å². The number of benzene rings is 1. The molecule has 28 heavy (non-hydrogen) atoms. The molecule has 0 bridgehead atoms. The highest BCUT2D eigenvalue weighted by Crippen LogP contribution is 2.30. The number of aromatic nitrogens is 3. The number of hydrogen-bond donors (Lipinski definition) is 1. The second-order valence-corrected chi connectivity index (χ2v) is 6.79. The van der Waals surface area contributed by atoms with Crippen molar-refractivity contribution in [3.63, 3.8) is 0 Å². The van der Waals surface area contributed by atoms with Crippen LogP contribution in [0.2, 0.25) is 0 Å². The van der Waals surface area contributed by atoms with Gasteiger partial charge in [-0.1, -0.05) is 11.8 Å². The van der Waals surface area contributed by atoms with Gasteiger partial charge in [-0.05, 0) is 32.0 Å². The third kappa shape index (κ3) is 4.14. The largest absolute Gasteiger partial charge is 0.497 e. The molecule has 0 unspecified atom stereocenters. The van der Waals surface area contributed by atoms with Gasteiger partial charge in [-0.2, -0.15) is 0 Å². The van der Waals surface area contributed by atoms with E-state index in [1.165, 1.54) is 11.8 Å². The summed E-state index contributed by atoms with van der Waals surface area (Å²) < 4.78 is 17.8. The van der Waals surface area contributed by atoms with Gasteiger partial charge in [0.1, 0.15) is 17.3 Å². The maximum atomic E-state index is 12.4. The molecule has 1 amide bonds. The Morgan fingerprint density at radius 2 is 2.07 bits per heavy atom. The molecule has 0 atom stereocenters. The van der Waals surface area contributed by atoms with Crippen LogP contribution in [0.25, 0.3) is 11.4 Å². The van der Waals surface area contributed by atoms with E-state index in [9.17, 15) is 4.79 Å². The molecule has 2 heterocycles. The summed E-state index contributed by atoms with van der Waals surface area (Å²) >= 11 is 1.33. The average molecular weight is 402 g/mol. The average Bonchev–Trinajstić information content (AvgIpc) is 3.31. The van der Waals surface area contributed by atoms with Crippen LogP contribution in [0, 0.1) is 6.92 Å². The zero-order valence-electron chi connectivity index (χ0n) is 16.2. The summed E-state index contributed by atoms with van der Waals surface area (Å²) in [5, 5.41) is 12.0. The van der Waals surface area contributed by atoms with Crippen LogP contribution in [-0.2, 0) is 11.3 Å². The van der Waals surface area contributed by atoms with Crippen molar-refractivity contribution in [1.82, 2.24) is 14.8 Å². The lowest BCUT2D eigenvalue weighted by Crippen LogP contribution is -2.15. The van der Waals surface area contributed by atoms with Crippen molar-refractivity contribution >= 4 is 23.4 Å². The monoisotopic (exact) mass is 402 g/mol. The number of anilines is 1. The fraction of sp³-hybridized carbons (Fsp3) is 0.316. The van der Waals surface area contributed by atoms with Gasteiger partial charge in [0, 0.05) is 12.6 Å². The number of carbonyl (C=O) groups excluding carboxylic acids is 1. The first-order chi connectivity index (χ1) is 13.6. The van der Waals surface area contributed by atoms with Gasteiger partial charge in [0.2, 0.25) is 5.91 Å². The van der Waals surface area contributed by atoms with Gasteiger partial charge >= 0.3 is 0 Å². The summed E-state index contributed by atoms with van der Waals surface area (Å²) in [5.41, 5.74) is 1.48. The van der Waals surface area contributed by atoms with Crippen molar-refractivity contribution in [2.24, 2.45) is 0 Å². The molecule has 1 N–H and O–H groups in total. The molecule has 0 aliphatic heterocycles. The van der Waals surface area contributed by atoms with Crippen molar-refractivity contribution < 1.29 is 18.7 Å². The number of ether oxygens (including phenoxy) is 2. The lowest BCUT2D eigenvalue weighted by Gasteiger charge is -2.11. The highest BCUT2D eigenvalue weighted by atomic mass is 32.2. The predicted molar refractivity (Wildman–Crippen MR) is 107 cm³/mol. The normalized spacial score (nSPS) is 10.7. The van der Waals surface area contributed by atoms with Gasteiger partial charge in [0.05, 0.1) is 37.5 Å². The molecule has 3 rings (SSSR count). The standard InChI is InChI=1S/C19H22N4O4S/c1-5-23-18(14-8-9-27-12(14)2)21-22-19(23)28-11-17(24)20-15-7-6-13(25-3)10-16(15)26-4/h6-10H,5,11H2,1-4H3,(H,20,24). The number of aryl methyl sites for hydroxylation is 1. The Hall–Kier alpha value is -2.94. The molecule has 1 aromatic carbocycles. The Balaban J connectivity index is 1.69. The highest BCUT2D eigenvalue weighted by Gasteiger charge is 2.17. The minimum Gasteiger partial charge on any atom is -0.497 e. The quantitative estimate of drug-likeness (QED) is 0.576. The Morgan fingerprint density at radius 1 is 1.25 bits per heavy atom. The molecule has 0 saturated heterocycles. The number of carbonyl (C=O) groups is 1. The lowest BCUT2D eigenvalue weighted by molar-refractivity contribution is -0.113. The number of thioether (sulfide) groups is 1. The van der Waals surface area contributed by atoms with Crippen LogP contribution in [0.15, 0.2) is 40.1 Å². The molecular formula is C19H22N4O4S. The van der Waals surface area contributed by atoms with Gasteiger partial charge in [-0.3, -0.25) is 4.79 Å². The minimum absolute atomic E-state index is 0.167. The van der Waals surface area contributed by atoms with E-state index >= 15 is 0 Å². The van der Waals surface area contributed by atoms with Crippen LogP contribution in [-0.4, -0.2) is 40.6 Å². The number of furan rings is 1. The minimum atomic E-state index is -0.167. The van der Waals surface area contributed by atoms with E-state index in [1.54, 1.807) is 38.7 Å². The van der Waals surface area contributed by atoms with Crippen molar-refractivity contribution in [2.75, 3.05) is 25.3 Å². The number of hydrogen-bond acceptors (Lipinski definition) is 7. The number of nitrogens with one attached hydrogen (secondary N) is 1. The Kier molecular flexibility index (Phi) is 6.25. The summed E-state index contributed by atoms with van der Waals surface area (Å²) in [5.74, 6) is 2.73. The van der Waals surface area contributed by atoms with Crippen molar-refractivity contribution in [3.05, 3.63) is 36.3 Å².